The molecule has 2 aliphatic rings. The van der Waals surface area contributed by atoms with Crippen LogP contribution in [-0.4, -0.2) is 6.61 Å². The summed E-state index contributed by atoms with van der Waals surface area (Å²) in [5.74, 6) is 4.38. The summed E-state index contributed by atoms with van der Waals surface area (Å²) >= 11 is 0. The Kier molecular flexibility index (Phi) is 2.24. The number of fused-ring (bicyclic) bond motifs is 2. The maximum Gasteiger partial charge on any atom is 0.106 e. The molecule has 13 heavy (non-hydrogen) atoms. The first-order valence-corrected chi connectivity index (χ1v) is 5.31. The minimum absolute atomic E-state index is 0.743. The van der Waals surface area contributed by atoms with Crippen LogP contribution in [0.25, 0.3) is 0 Å². The largest absolute Gasteiger partial charge is 0.446 e. The first-order valence-electron chi connectivity index (χ1n) is 5.31. The first kappa shape index (κ1) is 8.94. The van der Waals surface area contributed by atoms with E-state index in [1.807, 2.05) is 0 Å². The van der Waals surface area contributed by atoms with Gasteiger partial charge in [-0.2, -0.15) is 0 Å². The van der Waals surface area contributed by atoms with E-state index >= 15 is 0 Å². The monoisotopic (exact) mass is 178 g/mol. The van der Waals surface area contributed by atoms with Crippen molar-refractivity contribution in [3.8, 4) is 12.5 Å². The molecule has 0 radical (unpaired) electrons. The Hall–Kier alpha value is -0.640. The van der Waals surface area contributed by atoms with Crippen LogP contribution in [-0.2, 0) is 4.74 Å². The van der Waals surface area contributed by atoms with E-state index in [0.717, 1.165) is 36.2 Å². The zero-order chi connectivity index (χ0) is 9.42. The fourth-order valence-electron chi connectivity index (χ4n) is 3.44. The van der Waals surface area contributed by atoms with Gasteiger partial charge in [-0.3, -0.25) is 0 Å². The summed E-state index contributed by atoms with van der Waals surface area (Å²) in [5.41, 5.74) is 0. The predicted molar refractivity (Wildman–Crippen MR) is 52.8 cm³/mol. The van der Waals surface area contributed by atoms with Crippen LogP contribution in [0, 0.1) is 42.1 Å². The summed E-state index contributed by atoms with van der Waals surface area (Å²) in [4.78, 5) is 0. The highest BCUT2D eigenvalue weighted by molar-refractivity contribution is 4.97. The van der Waals surface area contributed by atoms with Gasteiger partial charge in [0.1, 0.15) is 12.7 Å². The zero-order valence-corrected chi connectivity index (χ0v) is 8.49. The molecule has 1 nitrogen and oxygen atoms in total. The van der Waals surface area contributed by atoms with Gasteiger partial charge in [0.05, 0.1) is 0 Å². The van der Waals surface area contributed by atoms with Gasteiger partial charge in [0.25, 0.3) is 0 Å². The molecule has 5 atom stereocenters. The Balaban J connectivity index is 1.95. The molecular weight excluding hydrogens is 160 g/mol. The second-order valence-electron chi connectivity index (χ2n) is 4.80. The molecule has 0 N–H and O–H groups in total. The van der Waals surface area contributed by atoms with Gasteiger partial charge < -0.3 is 4.74 Å². The summed E-state index contributed by atoms with van der Waals surface area (Å²) in [6.45, 7) is 5.57. The first-order chi connectivity index (χ1) is 6.24. The molecule has 0 aromatic heterocycles. The maximum atomic E-state index is 5.09. The van der Waals surface area contributed by atoms with Crippen molar-refractivity contribution in [2.24, 2.45) is 29.6 Å². The fourth-order valence-corrected chi connectivity index (χ4v) is 3.44. The average molecular weight is 178 g/mol. The summed E-state index contributed by atoms with van der Waals surface area (Å²) in [6, 6.07) is 0. The van der Waals surface area contributed by atoms with Gasteiger partial charge in [-0.1, -0.05) is 20.3 Å². The van der Waals surface area contributed by atoms with Gasteiger partial charge in [0.2, 0.25) is 0 Å². The van der Waals surface area contributed by atoms with Crippen LogP contribution >= 0.6 is 0 Å². The Morgan fingerprint density at radius 1 is 1.31 bits per heavy atom. The minimum atomic E-state index is 0.743. The lowest BCUT2D eigenvalue weighted by atomic mass is 9.76. The maximum absolute atomic E-state index is 5.09. The van der Waals surface area contributed by atoms with E-state index < -0.39 is 0 Å². The third-order valence-corrected chi connectivity index (χ3v) is 4.41. The smallest absolute Gasteiger partial charge is 0.106 e. The summed E-state index contributed by atoms with van der Waals surface area (Å²) in [5, 5.41) is 0. The van der Waals surface area contributed by atoms with E-state index in [1.165, 1.54) is 12.8 Å². The average Bonchev–Trinajstić information content (AvgIpc) is 2.64. The van der Waals surface area contributed by atoms with Crippen LogP contribution in [0.2, 0.25) is 0 Å². The summed E-state index contributed by atoms with van der Waals surface area (Å²) in [7, 11) is 0. The van der Waals surface area contributed by atoms with E-state index in [4.69, 9.17) is 11.2 Å². The number of rotatable bonds is 2. The Morgan fingerprint density at radius 3 is 2.62 bits per heavy atom. The molecule has 2 aliphatic carbocycles. The van der Waals surface area contributed by atoms with Crippen LogP contribution in [0.5, 0.6) is 0 Å². The molecular formula is C12H18O. The quantitative estimate of drug-likeness (QED) is 0.590. The van der Waals surface area contributed by atoms with Crippen LogP contribution < -0.4 is 0 Å². The summed E-state index contributed by atoms with van der Waals surface area (Å²) in [6.07, 6.45) is 10.1. The Bertz CT molecular complexity index is 226. The molecule has 0 amide bonds. The van der Waals surface area contributed by atoms with Gasteiger partial charge in [0, 0.05) is 0 Å². The fraction of sp³-hybridized carbons (Fsp3) is 0.833. The molecule has 0 aliphatic heterocycles. The van der Waals surface area contributed by atoms with Crippen LogP contribution in [0.3, 0.4) is 0 Å². The molecule has 0 heterocycles. The van der Waals surface area contributed by atoms with Crippen molar-refractivity contribution in [1.82, 2.24) is 0 Å². The Labute approximate surface area is 80.9 Å². The van der Waals surface area contributed by atoms with Crippen molar-refractivity contribution < 1.29 is 4.74 Å². The Morgan fingerprint density at radius 2 is 2.08 bits per heavy atom. The highest BCUT2D eigenvalue weighted by atomic mass is 16.5. The van der Waals surface area contributed by atoms with Gasteiger partial charge in [-0.25, -0.2) is 0 Å². The second-order valence-corrected chi connectivity index (χ2v) is 4.80. The molecule has 2 bridgehead atoms. The highest BCUT2D eigenvalue weighted by Gasteiger charge is 2.48. The van der Waals surface area contributed by atoms with Crippen LogP contribution in [0.4, 0.5) is 0 Å². The molecule has 5 unspecified atom stereocenters. The number of ether oxygens (including phenoxy) is 1. The normalized spacial score (nSPS) is 47.6. The lowest BCUT2D eigenvalue weighted by Crippen LogP contribution is -2.26. The van der Waals surface area contributed by atoms with Crippen LogP contribution in [0.15, 0.2) is 0 Å². The highest BCUT2D eigenvalue weighted by Crippen LogP contribution is 2.54. The number of hydrogen-bond acceptors (Lipinski definition) is 1. The lowest BCUT2D eigenvalue weighted by molar-refractivity contribution is 0.119. The molecule has 0 saturated heterocycles. The van der Waals surface area contributed by atoms with E-state index in [-0.39, 0.29) is 0 Å². The number of hydrogen-bond donors (Lipinski definition) is 0. The topological polar surface area (TPSA) is 9.23 Å². The zero-order valence-electron chi connectivity index (χ0n) is 8.49. The summed E-state index contributed by atoms with van der Waals surface area (Å²) < 4.78 is 5.08. The van der Waals surface area contributed by atoms with Crippen molar-refractivity contribution >= 4 is 0 Å². The second kappa shape index (κ2) is 3.25. The van der Waals surface area contributed by atoms with Gasteiger partial charge >= 0.3 is 0 Å². The molecule has 2 fully saturated rings. The molecule has 0 aromatic carbocycles. The molecule has 72 valence electrons. The van der Waals surface area contributed by atoms with E-state index in [1.54, 1.807) is 0 Å². The third-order valence-electron chi connectivity index (χ3n) is 4.41. The molecule has 2 rings (SSSR count). The predicted octanol–water partition coefficient (Wildman–Crippen LogP) is 2.52. The molecule has 0 aromatic rings. The number of terminal acetylenes is 1. The van der Waals surface area contributed by atoms with E-state index in [9.17, 15) is 0 Å². The lowest BCUT2D eigenvalue weighted by Gasteiger charge is -2.30. The molecule has 1 heteroatoms. The van der Waals surface area contributed by atoms with E-state index in [2.05, 4.69) is 20.0 Å². The standard InChI is InChI=1S/C12H18O/c1-4-13-7-11-5-10-6-12(11)9(3)8(10)2/h1,8-12H,5-7H2,2-3H3. The van der Waals surface area contributed by atoms with Gasteiger partial charge in [-0.15, -0.1) is 0 Å². The van der Waals surface area contributed by atoms with Gasteiger partial charge in [0.15, 0.2) is 0 Å². The van der Waals surface area contributed by atoms with Crippen molar-refractivity contribution in [3.63, 3.8) is 0 Å². The SMILES string of the molecule is C#COCC1CC2CC1C(C)C2C. The molecule has 0 spiro atoms. The van der Waals surface area contributed by atoms with Crippen molar-refractivity contribution in [2.75, 3.05) is 6.61 Å². The van der Waals surface area contributed by atoms with E-state index in [0.29, 0.717) is 0 Å². The van der Waals surface area contributed by atoms with Crippen molar-refractivity contribution in [1.29, 1.82) is 0 Å². The van der Waals surface area contributed by atoms with Crippen molar-refractivity contribution in [2.45, 2.75) is 26.7 Å². The van der Waals surface area contributed by atoms with Gasteiger partial charge in [-0.05, 0) is 42.4 Å². The van der Waals surface area contributed by atoms with Crippen molar-refractivity contribution in [3.05, 3.63) is 0 Å². The van der Waals surface area contributed by atoms with Crippen LogP contribution in [0.1, 0.15) is 26.7 Å². The third kappa shape index (κ3) is 1.33. The molecule has 2 saturated carbocycles. The minimum Gasteiger partial charge on any atom is -0.446 e.